The van der Waals surface area contributed by atoms with Crippen molar-refractivity contribution in [1.82, 2.24) is 27.9 Å². The van der Waals surface area contributed by atoms with Gasteiger partial charge in [0.2, 0.25) is 11.6 Å². The van der Waals surface area contributed by atoms with Gasteiger partial charge in [-0.2, -0.15) is 0 Å². The lowest BCUT2D eigenvalue weighted by Gasteiger charge is -2.04. The number of para-hydroxylation sites is 8. The van der Waals surface area contributed by atoms with E-state index in [4.69, 9.17) is 9.97 Å². The Kier molecular flexibility index (Phi) is 5.99. The summed E-state index contributed by atoms with van der Waals surface area (Å²) in [5.74, 6) is 1.91. The minimum absolute atomic E-state index is 0.952. The van der Waals surface area contributed by atoms with Gasteiger partial charge in [-0.3, -0.25) is 17.9 Å². The molecule has 0 saturated heterocycles. The highest BCUT2D eigenvalue weighted by Crippen LogP contribution is 2.31. The van der Waals surface area contributed by atoms with E-state index in [1.54, 1.807) is 0 Å². The Bertz CT molecular complexity index is 2660. The predicted molar refractivity (Wildman–Crippen MR) is 192 cm³/mol. The average molecular weight is 693 g/mol. The van der Waals surface area contributed by atoms with Crippen LogP contribution in [0.2, 0.25) is 0 Å². The van der Waals surface area contributed by atoms with Crippen LogP contribution < -0.4 is 0 Å². The lowest BCUT2D eigenvalue weighted by Crippen LogP contribution is -1.94. The Balaban J connectivity index is 0.000000125. The third-order valence-electron chi connectivity index (χ3n) is 8.30. The molecular weight excluding hydrogens is 667 g/mol. The second-order valence-corrected chi connectivity index (χ2v) is 12.2. The first-order valence-electron chi connectivity index (χ1n) is 14.8. The Hall–Kier alpha value is -5.41. The minimum atomic E-state index is 0.952. The number of imidazole rings is 4. The van der Waals surface area contributed by atoms with Crippen molar-refractivity contribution < 1.29 is 0 Å². The van der Waals surface area contributed by atoms with Crippen molar-refractivity contribution in [2.45, 2.75) is 0 Å². The van der Waals surface area contributed by atoms with Gasteiger partial charge in [-0.15, -0.1) is 0 Å². The van der Waals surface area contributed by atoms with Crippen LogP contribution in [-0.4, -0.2) is 27.9 Å². The first kappa shape index (κ1) is 26.0. The van der Waals surface area contributed by atoms with Crippen molar-refractivity contribution in [3.05, 3.63) is 155 Å². The molecule has 0 fully saturated rings. The van der Waals surface area contributed by atoms with E-state index < -0.39 is 0 Å². The highest BCUT2D eigenvalue weighted by Gasteiger charge is 2.18. The number of hydrogen-bond donors (Lipinski definition) is 0. The molecule has 4 heterocycles. The zero-order chi connectivity index (χ0) is 29.9. The fourth-order valence-electron chi connectivity index (χ4n) is 6.39. The van der Waals surface area contributed by atoms with Crippen LogP contribution in [0.1, 0.15) is 0 Å². The summed E-state index contributed by atoms with van der Waals surface area (Å²) >= 11 is 2.36. The predicted octanol–water partition coefficient (Wildman–Crippen LogP) is 9.47. The summed E-state index contributed by atoms with van der Waals surface area (Å²) in [6.45, 7) is 0. The minimum Gasteiger partial charge on any atom is -0.278 e. The summed E-state index contributed by atoms with van der Waals surface area (Å²) < 4.78 is 10.2. The van der Waals surface area contributed by atoms with E-state index in [9.17, 15) is 0 Å². The Morgan fingerprint density at radius 3 is 1.36 bits per heavy atom. The highest BCUT2D eigenvalue weighted by atomic mass is 127. The van der Waals surface area contributed by atoms with E-state index in [0.717, 1.165) is 45.0 Å². The molecule has 10 rings (SSSR count). The van der Waals surface area contributed by atoms with Crippen LogP contribution in [0.5, 0.6) is 0 Å². The summed E-state index contributed by atoms with van der Waals surface area (Å²) in [4.78, 5) is 9.74. The molecule has 6 nitrogen and oxygen atoms in total. The van der Waals surface area contributed by atoms with Gasteiger partial charge in [0, 0.05) is 14.9 Å². The van der Waals surface area contributed by atoms with Crippen molar-refractivity contribution in [3.63, 3.8) is 0 Å². The second kappa shape index (κ2) is 10.3. The van der Waals surface area contributed by atoms with Crippen LogP contribution >= 0.6 is 22.6 Å². The standard InChI is InChI=1S/C19H12IN3.C19H13N3/c20-13-10-11-17-18(12-13)23-16-9-5-4-8-15(16)21-19(23)22(17)14-6-2-1-3-7-14;1-2-8-14(9-3-1)21-17-12-6-7-13-18(17)22-16-11-5-4-10-15(16)20-19(21)22/h1-12H;1-13H. The van der Waals surface area contributed by atoms with Gasteiger partial charge in [0.15, 0.2) is 0 Å². The third-order valence-corrected chi connectivity index (χ3v) is 8.97. The van der Waals surface area contributed by atoms with E-state index in [-0.39, 0.29) is 0 Å². The molecule has 0 atom stereocenters. The molecule has 0 saturated carbocycles. The molecule has 0 bridgehead atoms. The molecule has 0 aliphatic carbocycles. The maximum absolute atomic E-state index is 4.88. The number of rotatable bonds is 2. The zero-order valence-electron chi connectivity index (χ0n) is 24.0. The molecule has 0 radical (unpaired) electrons. The zero-order valence-corrected chi connectivity index (χ0v) is 26.2. The molecule has 45 heavy (non-hydrogen) atoms. The van der Waals surface area contributed by atoms with Gasteiger partial charge in [0.1, 0.15) is 0 Å². The number of hydrogen-bond acceptors (Lipinski definition) is 2. The number of nitrogens with zero attached hydrogens (tertiary/aromatic N) is 6. The van der Waals surface area contributed by atoms with Crippen molar-refractivity contribution in [3.8, 4) is 11.4 Å². The normalized spacial score (nSPS) is 11.7. The van der Waals surface area contributed by atoms with Gasteiger partial charge in [-0.25, -0.2) is 9.97 Å². The number of halogens is 1. The van der Waals surface area contributed by atoms with Gasteiger partial charge < -0.3 is 0 Å². The van der Waals surface area contributed by atoms with E-state index in [0.29, 0.717) is 0 Å². The first-order valence-corrected chi connectivity index (χ1v) is 15.9. The second-order valence-electron chi connectivity index (χ2n) is 10.9. The van der Waals surface area contributed by atoms with Crippen LogP contribution in [0.25, 0.3) is 67.1 Å². The third kappa shape index (κ3) is 4.08. The first-order chi connectivity index (χ1) is 22.3. The van der Waals surface area contributed by atoms with Crippen LogP contribution in [-0.2, 0) is 0 Å². The van der Waals surface area contributed by atoms with Gasteiger partial charge in [0.05, 0.1) is 44.1 Å². The molecule has 0 N–H and O–H groups in total. The molecular formula is C38H25IN6. The van der Waals surface area contributed by atoms with Gasteiger partial charge in [-0.05, 0) is 101 Å². The summed E-state index contributed by atoms with van der Waals surface area (Å²) in [6.07, 6.45) is 0. The van der Waals surface area contributed by atoms with Gasteiger partial charge in [-0.1, -0.05) is 72.8 Å². The largest absolute Gasteiger partial charge is 0.278 e. The fraction of sp³-hybridized carbons (Fsp3) is 0. The molecule has 4 aromatic heterocycles. The molecule has 0 spiro atoms. The molecule has 6 aromatic carbocycles. The maximum atomic E-state index is 4.88. The lowest BCUT2D eigenvalue weighted by molar-refractivity contribution is 1.11. The average Bonchev–Trinajstić information content (AvgIpc) is 3.82. The Morgan fingerprint density at radius 2 is 0.800 bits per heavy atom. The van der Waals surface area contributed by atoms with E-state index in [1.165, 1.54) is 25.6 Å². The molecule has 7 heteroatoms. The smallest absolute Gasteiger partial charge is 0.220 e. The van der Waals surface area contributed by atoms with Gasteiger partial charge in [0.25, 0.3) is 0 Å². The van der Waals surface area contributed by atoms with Crippen molar-refractivity contribution >= 4 is 78.3 Å². The van der Waals surface area contributed by atoms with E-state index in [1.807, 2.05) is 24.3 Å². The molecule has 214 valence electrons. The van der Waals surface area contributed by atoms with Crippen molar-refractivity contribution in [2.24, 2.45) is 0 Å². The molecule has 0 aliphatic heterocycles. The van der Waals surface area contributed by atoms with Crippen LogP contribution in [0.3, 0.4) is 0 Å². The lowest BCUT2D eigenvalue weighted by atomic mass is 10.2. The topological polar surface area (TPSA) is 44.5 Å². The number of fused-ring (bicyclic) bond motifs is 10. The SMILES string of the molecule is Ic1ccc2c(c1)n1c3ccccc3nc1n2-c1ccccc1.c1ccc(-n2c3ccccc3n3c4ccccc4nc23)cc1. The van der Waals surface area contributed by atoms with E-state index >= 15 is 0 Å². The molecule has 0 unspecified atom stereocenters. The van der Waals surface area contributed by atoms with E-state index in [2.05, 4.69) is 168 Å². The molecule has 0 aliphatic rings. The summed E-state index contributed by atoms with van der Waals surface area (Å²) in [6, 6.07) is 52.3. The monoisotopic (exact) mass is 692 g/mol. The van der Waals surface area contributed by atoms with Gasteiger partial charge >= 0.3 is 0 Å². The summed E-state index contributed by atoms with van der Waals surface area (Å²) in [5.41, 5.74) is 11.3. The van der Waals surface area contributed by atoms with Crippen LogP contribution in [0.4, 0.5) is 0 Å². The maximum Gasteiger partial charge on any atom is 0.220 e. The summed E-state index contributed by atoms with van der Waals surface area (Å²) in [5, 5.41) is 0. The van der Waals surface area contributed by atoms with Crippen LogP contribution in [0, 0.1) is 3.57 Å². The quantitative estimate of drug-likeness (QED) is 0.170. The Labute approximate surface area is 271 Å². The van der Waals surface area contributed by atoms with Crippen molar-refractivity contribution in [2.75, 3.05) is 0 Å². The summed E-state index contributed by atoms with van der Waals surface area (Å²) in [7, 11) is 0. The molecule has 10 aromatic rings. The Morgan fingerprint density at radius 1 is 0.378 bits per heavy atom. The molecule has 0 amide bonds. The fourth-order valence-corrected chi connectivity index (χ4v) is 6.86. The number of aromatic nitrogens is 6. The van der Waals surface area contributed by atoms with Crippen molar-refractivity contribution in [1.29, 1.82) is 0 Å². The number of benzene rings is 6. The van der Waals surface area contributed by atoms with Crippen LogP contribution in [0.15, 0.2) is 152 Å². The highest BCUT2D eigenvalue weighted by molar-refractivity contribution is 14.1.